The summed E-state index contributed by atoms with van der Waals surface area (Å²) < 4.78 is 93.1. The van der Waals surface area contributed by atoms with Crippen LogP contribution in [0, 0.1) is 0 Å². The highest BCUT2D eigenvalue weighted by molar-refractivity contribution is 5.28. The van der Waals surface area contributed by atoms with E-state index < -0.39 is 60.8 Å². The molecule has 0 fully saturated rings. The molecule has 0 saturated heterocycles. The first-order chi connectivity index (χ1) is 9.64. The van der Waals surface area contributed by atoms with Crippen LogP contribution in [0.3, 0.4) is 0 Å². The molecule has 10 heavy (non-hydrogen) atoms. The predicted molar refractivity (Wildman–Crippen MR) is 43.1 cm³/mol. The van der Waals surface area contributed by atoms with E-state index in [1.54, 1.807) is 0 Å². The summed E-state index contributed by atoms with van der Waals surface area (Å²) in [5.74, 6) is 0. The average molecular weight is 144 g/mol. The van der Waals surface area contributed by atoms with Gasteiger partial charge in [0.1, 0.15) is 0 Å². The fraction of sp³-hybridized carbons (Fsp3) is 0.400. The van der Waals surface area contributed by atoms with Crippen molar-refractivity contribution in [1.82, 2.24) is 0 Å². The summed E-state index contributed by atoms with van der Waals surface area (Å²) in [6, 6.07) is -3.43. The maximum atomic E-state index is 7.88. The van der Waals surface area contributed by atoms with Crippen LogP contribution < -0.4 is 0 Å². The highest BCUT2D eigenvalue weighted by Crippen LogP contribution is 2.19. The van der Waals surface area contributed by atoms with Crippen LogP contribution in [0.2, 0.25) is 0 Å². The van der Waals surface area contributed by atoms with Crippen LogP contribution >= 0.6 is 0 Å². The molecule has 0 amide bonds. The molecule has 0 heteroatoms. The molecule has 0 nitrogen and oxygen atoms in total. The molecule has 1 aromatic rings. The topological polar surface area (TPSA) is 0 Å². The van der Waals surface area contributed by atoms with Gasteiger partial charge < -0.3 is 0 Å². The molecule has 0 bridgehead atoms. The average Bonchev–Trinajstić information content (AvgIpc) is 2.37. The molecule has 1 aromatic carbocycles. The van der Waals surface area contributed by atoms with Gasteiger partial charge in [-0.25, -0.2) is 0 Å². The minimum absolute atomic E-state index is 0.818. The Labute approximate surface area is 78.7 Å². The highest BCUT2D eigenvalue weighted by Gasteiger charge is 2.05. The van der Waals surface area contributed by atoms with Gasteiger partial charge in [0.2, 0.25) is 0 Å². The zero-order valence-corrected chi connectivity index (χ0v) is 5.00. The number of rotatable bonds is 0. The number of hydrogen-bond acceptors (Lipinski definition) is 0. The van der Waals surface area contributed by atoms with E-state index in [0.29, 0.717) is 0 Å². The van der Waals surface area contributed by atoms with Crippen LogP contribution in [-0.2, 0) is 12.7 Å². The largest absolute Gasteiger partial charge is 0.0626 e. The van der Waals surface area contributed by atoms with Gasteiger partial charge in [0, 0.05) is 11.0 Å². The lowest BCUT2D eigenvalue weighted by Crippen LogP contribution is -2.00. The summed E-state index contributed by atoms with van der Waals surface area (Å²) in [7, 11) is 0. The van der Waals surface area contributed by atoms with E-state index in [9.17, 15) is 0 Å². The first-order valence-electron chi connectivity index (χ1n) is 8.75. The van der Waals surface area contributed by atoms with Crippen molar-refractivity contribution in [3.8, 4) is 0 Å². The smallest absolute Gasteiger partial charge is 0.0620 e. The van der Waals surface area contributed by atoms with Crippen molar-refractivity contribution in [3.63, 3.8) is 0 Å². The second-order valence-corrected chi connectivity index (χ2v) is 1.75. The fourth-order valence-electron chi connectivity index (χ4n) is 0.688. The van der Waals surface area contributed by atoms with Gasteiger partial charge in [-0.05, 0) is 36.6 Å². The molecule has 0 atom stereocenters. The van der Waals surface area contributed by atoms with Gasteiger partial charge in [-0.3, -0.25) is 0 Å². The van der Waals surface area contributed by atoms with Crippen molar-refractivity contribution in [2.45, 2.75) is 25.5 Å². The molecule has 0 aliphatic heterocycles. The lowest BCUT2D eigenvalue weighted by atomic mass is 9.92. The Kier molecular flexibility index (Phi) is 0.309. The van der Waals surface area contributed by atoms with Crippen LogP contribution in [0.5, 0.6) is 0 Å². The lowest BCUT2D eigenvalue weighted by Gasteiger charge is -2.13. The third-order valence-electron chi connectivity index (χ3n) is 1.12. The third kappa shape index (κ3) is 0.942. The van der Waals surface area contributed by atoms with E-state index in [-0.39, 0.29) is 0 Å². The fourth-order valence-corrected chi connectivity index (χ4v) is 0.688. The molecule has 1 aliphatic carbocycles. The Bertz CT molecular complexity index is 602. The maximum absolute atomic E-state index is 7.88. The zero-order chi connectivity index (χ0) is 17.5. The van der Waals surface area contributed by atoms with Gasteiger partial charge >= 0.3 is 0 Å². The van der Waals surface area contributed by atoms with Crippen molar-refractivity contribution in [3.05, 3.63) is 35.3 Å². The van der Waals surface area contributed by atoms with E-state index in [2.05, 4.69) is 0 Å². The first kappa shape index (κ1) is 1.26. The molecule has 0 N–H and O–H groups in total. The van der Waals surface area contributed by atoms with Crippen molar-refractivity contribution >= 4 is 0 Å². The number of hydrogen-bond donors (Lipinski definition) is 0. The monoisotopic (exact) mass is 144 g/mol. The molecule has 0 unspecified atom stereocenters. The Balaban J connectivity index is 3.11. The molecule has 1 aliphatic rings. The Hall–Kier alpha value is -0.780. The summed E-state index contributed by atoms with van der Waals surface area (Å²) in [4.78, 5) is 0. The van der Waals surface area contributed by atoms with Gasteiger partial charge in [-0.2, -0.15) is 0 Å². The molecule has 0 aromatic heterocycles. The molecule has 0 radical (unpaired) electrons. The summed E-state index contributed by atoms with van der Waals surface area (Å²) in [6.45, 7) is 0. The highest BCUT2D eigenvalue weighted by atomic mass is 14.1. The summed E-state index contributed by atoms with van der Waals surface area (Å²) >= 11 is 0. The summed E-state index contributed by atoms with van der Waals surface area (Å²) in [6.07, 6.45) is -12.9. The van der Waals surface area contributed by atoms with E-state index in [1.165, 1.54) is 0 Å². The standard InChI is InChI=1S/C10H12/c1-2-6-10-8-4-3-7-9(10)5-1/h1-2,5-6H,3-4,7-8H2/i1D,2D,3D2,4D2,5D,6D,7D2,8D2. The normalized spacial score (nSPS) is 54.0. The van der Waals surface area contributed by atoms with Crippen LogP contribution in [0.1, 0.15) is 40.3 Å². The SMILES string of the molecule is [2H]c1c([2H])c([2H])c2c(c1[2H])C([2H])([2H])C([2H])([2H])C([2H])([2H])C2([2H])[2H]. The van der Waals surface area contributed by atoms with Gasteiger partial charge in [-0.15, -0.1) is 0 Å². The van der Waals surface area contributed by atoms with Gasteiger partial charge in [-0.1, -0.05) is 24.2 Å². The minimum Gasteiger partial charge on any atom is -0.0620 e. The second-order valence-electron chi connectivity index (χ2n) is 1.75. The van der Waals surface area contributed by atoms with E-state index >= 15 is 0 Å². The second kappa shape index (κ2) is 2.45. The van der Waals surface area contributed by atoms with E-state index in [0.717, 1.165) is 0 Å². The van der Waals surface area contributed by atoms with Crippen LogP contribution in [-0.4, -0.2) is 0 Å². The summed E-state index contributed by atoms with van der Waals surface area (Å²) in [5.41, 5.74) is -1.74. The zero-order valence-electron chi connectivity index (χ0n) is 17.0. The molecular formula is C10H12. The van der Waals surface area contributed by atoms with Crippen LogP contribution in [0.25, 0.3) is 0 Å². The predicted octanol–water partition coefficient (Wildman–Crippen LogP) is 2.57. The van der Waals surface area contributed by atoms with E-state index in [1.807, 2.05) is 0 Å². The minimum atomic E-state index is -3.34. The van der Waals surface area contributed by atoms with Gasteiger partial charge in [0.15, 0.2) is 0 Å². The quantitative estimate of drug-likeness (QED) is 0.525. The van der Waals surface area contributed by atoms with Crippen LogP contribution in [0.4, 0.5) is 0 Å². The van der Waals surface area contributed by atoms with Crippen molar-refractivity contribution in [2.75, 3.05) is 0 Å². The molecule has 2 rings (SSSR count). The van der Waals surface area contributed by atoms with Gasteiger partial charge in [0.05, 0.1) is 5.48 Å². The Morgan fingerprint density at radius 3 is 2.10 bits per heavy atom. The Morgan fingerprint density at radius 1 is 1.10 bits per heavy atom. The Morgan fingerprint density at radius 2 is 1.60 bits per heavy atom. The lowest BCUT2D eigenvalue weighted by molar-refractivity contribution is 0.685. The van der Waals surface area contributed by atoms with Crippen molar-refractivity contribution < 1.29 is 16.4 Å². The maximum Gasteiger partial charge on any atom is 0.0626 e. The van der Waals surface area contributed by atoms with Crippen molar-refractivity contribution in [2.24, 2.45) is 0 Å². The molecule has 0 saturated carbocycles. The number of fused-ring (bicyclic) bond motifs is 1. The molecular weight excluding hydrogens is 120 g/mol. The third-order valence-corrected chi connectivity index (χ3v) is 1.12. The van der Waals surface area contributed by atoms with Gasteiger partial charge in [0.25, 0.3) is 0 Å². The van der Waals surface area contributed by atoms with Crippen LogP contribution in [0.15, 0.2) is 24.2 Å². The van der Waals surface area contributed by atoms with E-state index in [4.69, 9.17) is 16.4 Å². The van der Waals surface area contributed by atoms with Crippen molar-refractivity contribution in [1.29, 1.82) is 0 Å². The molecule has 52 valence electrons. The number of benzene rings is 1. The molecule has 0 spiro atoms. The molecule has 0 heterocycles. The first-order valence-corrected chi connectivity index (χ1v) is 2.75. The summed E-state index contributed by atoms with van der Waals surface area (Å²) in [5, 5.41) is 0.